The van der Waals surface area contributed by atoms with Gasteiger partial charge in [-0.25, -0.2) is 4.79 Å². The molecule has 2 aliphatic rings. The predicted molar refractivity (Wildman–Crippen MR) is 141 cm³/mol. The Morgan fingerprint density at radius 3 is 2.21 bits per heavy atom. The summed E-state index contributed by atoms with van der Waals surface area (Å²) in [6, 6.07) is 14.6. The SMILES string of the molecule is CCOC(=O)C1=C(C)N=C2C[C@H](c3ccc(OC)cc3)[C@H](C(=O)OCC)C(=O)C2[C@@H]1c1cccc(OC)c1. The number of allylic oxidation sites excluding steroid dienone is 1. The first-order chi connectivity index (χ1) is 18.3. The number of fused-ring (bicyclic) bond motifs is 1. The van der Waals surface area contributed by atoms with Gasteiger partial charge in [-0.1, -0.05) is 24.3 Å². The van der Waals surface area contributed by atoms with E-state index in [2.05, 4.69) is 0 Å². The zero-order valence-corrected chi connectivity index (χ0v) is 22.4. The Morgan fingerprint density at radius 2 is 1.58 bits per heavy atom. The number of benzene rings is 2. The van der Waals surface area contributed by atoms with Crippen molar-refractivity contribution in [2.45, 2.75) is 39.0 Å². The van der Waals surface area contributed by atoms with Gasteiger partial charge in [0.05, 0.1) is 38.9 Å². The van der Waals surface area contributed by atoms with Crippen LogP contribution in [0.2, 0.25) is 0 Å². The van der Waals surface area contributed by atoms with Crippen LogP contribution in [-0.4, -0.2) is 50.9 Å². The number of hydrogen-bond acceptors (Lipinski definition) is 8. The summed E-state index contributed by atoms with van der Waals surface area (Å²) in [5.41, 5.74) is 2.97. The summed E-state index contributed by atoms with van der Waals surface area (Å²) in [6.45, 7) is 5.53. The summed E-state index contributed by atoms with van der Waals surface area (Å²) in [4.78, 5) is 45.6. The second-order valence-electron chi connectivity index (χ2n) is 9.27. The van der Waals surface area contributed by atoms with Gasteiger partial charge in [-0.3, -0.25) is 14.6 Å². The van der Waals surface area contributed by atoms with Crippen LogP contribution in [0.15, 0.2) is 64.8 Å². The van der Waals surface area contributed by atoms with Gasteiger partial charge in [0.25, 0.3) is 0 Å². The van der Waals surface area contributed by atoms with Crippen LogP contribution in [0.3, 0.4) is 0 Å². The third-order valence-electron chi connectivity index (χ3n) is 7.18. The van der Waals surface area contributed by atoms with Crippen molar-refractivity contribution in [3.05, 3.63) is 70.9 Å². The molecule has 0 amide bonds. The minimum atomic E-state index is -1.05. The lowest BCUT2D eigenvalue weighted by Gasteiger charge is -2.41. The van der Waals surface area contributed by atoms with E-state index in [1.165, 1.54) is 0 Å². The zero-order valence-electron chi connectivity index (χ0n) is 22.4. The van der Waals surface area contributed by atoms with Crippen molar-refractivity contribution in [2.75, 3.05) is 27.4 Å². The van der Waals surface area contributed by atoms with Crippen molar-refractivity contribution in [1.29, 1.82) is 0 Å². The highest BCUT2D eigenvalue weighted by atomic mass is 16.5. The Hall–Kier alpha value is -3.94. The molecule has 8 nitrogen and oxygen atoms in total. The van der Waals surface area contributed by atoms with Crippen LogP contribution in [0.25, 0.3) is 0 Å². The minimum absolute atomic E-state index is 0.149. The first-order valence-corrected chi connectivity index (χ1v) is 12.8. The van der Waals surface area contributed by atoms with E-state index in [9.17, 15) is 14.4 Å². The fourth-order valence-electron chi connectivity index (χ4n) is 5.52. The van der Waals surface area contributed by atoms with Crippen molar-refractivity contribution in [3.63, 3.8) is 0 Å². The summed E-state index contributed by atoms with van der Waals surface area (Å²) in [6.07, 6.45) is 0.361. The van der Waals surface area contributed by atoms with Gasteiger partial charge < -0.3 is 18.9 Å². The van der Waals surface area contributed by atoms with Gasteiger partial charge in [-0.2, -0.15) is 0 Å². The number of esters is 2. The van der Waals surface area contributed by atoms with E-state index in [4.69, 9.17) is 23.9 Å². The van der Waals surface area contributed by atoms with E-state index in [1.54, 1.807) is 53.2 Å². The van der Waals surface area contributed by atoms with Crippen molar-refractivity contribution < 1.29 is 33.3 Å². The number of hydrogen-bond donors (Lipinski definition) is 0. The smallest absolute Gasteiger partial charge is 0.336 e. The Labute approximate surface area is 222 Å². The van der Waals surface area contributed by atoms with E-state index in [1.807, 2.05) is 30.3 Å². The molecule has 38 heavy (non-hydrogen) atoms. The lowest BCUT2D eigenvalue weighted by atomic mass is 9.62. The van der Waals surface area contributed by atoms with Crippen LogP contribution in [0.5, 0.6) is 11.5 Å². The molecule has 200 valence electrons. The number of carbonyl (C=O) groups excluding carboxylic acids is 3. The van der Waals surface area contributed by atoms with Crippen LogP contribution in [0.4, 0.5) is 0 Å². The van der Waals surface area contributed by atoms with Gasteiger partial charge in [0, 0.05) is 23.2 Å². The van der Waals surface area contributed by atoms with Gasteiger partial charge in [0.1, 0.15) is 17.4 Å². The summed E-state index contributed by atoms with van der Waals surface area (Å²) in [5, 5.41) is 0. The number of methoxy groups -OCH3 is 2. The molecule has 0 saturated heterocycles. The largest absolute Gasteiger partial charge is 0.497 e. The lowest BCUT2D eigenvalue weighted by molar-refractivity contribution is -0.153. The normalized spacial score (nSPS) is 22.8. The maximum Gasteiger partial charge on any atom is 0.336 e. The van der Waals surface area contributed by atoms with Gasteiger partial charge in [0.2, 0.25) is 0 Å². The summed E-state index contributed by atoms with van der Waals surface area (Å²) < 4.78 is 21.5. The number of rotatable bonds is 8. The van der Waals surface area contributed by atoms with Gasteiger partial charge in [-0.05, 0) is 62.6 Å². The van der Waals surface area contributed by atoms with Crippen molar-refractivity contribution in [1.82, 2.24) is 0 Å². The zero-order chi connectivity index (χ0) is 27.4. The fraction of sp³-hybridized carbons (Fsp3) is 0.400. The monoisotopic (exact) mass is 519 g/mol. The molecule has 4 atom stereocenters. The molecule has 1 unspecified atom stereocenters. The van der Waals surface area contributed by atoms with E-state index >= 15 is 0 Å². The quantitative estimate of drug-likeness (QED) is 0.370. The highest BCUT2D eigenvalue weighted by molar-refractivity contribution is 6.17. The molecule has 2 aromatic rings. The Morgan fingerprint density at radius 1 is 0.895 bits per heavy atom. The van der Waals surface area contributed by atoms with Crippen molar-refractivity contribution in [3.8, 4) is 11.5 Å². The molecule has 1 aliphatic heterocycles. The molecule has 0 N–H and O–H groups in total. The number of carbonyl (C=O) groups is 3. The number of ether oxygens (including phenoxy) is 4. The molecule has 0 radical (unpaired) electrons. The predicted octanol–water partition coefficient (Wildman–Crippen LogP) is 4.63. The van der Waals surface area contributed by atoms with Crippen molar-refractivity contribution >= 4 is 23.4 Å². The fourth-order valence-corrected chi connectivity index (χ4v) is 5.52. The van der Waals surface area contributed by atoms with Gasteiger partial charge in [-0.15, -0.1) is 0 Å². The van der Waals surface area contributed by atoms with E-state index < -0.39 is 35.6 Å². The molecule has 8 heteroatoms. The molecular weight excluding hydrogens is 486 g/mol. The first kappa shape index (κ1) is 27.1. The lowest BCUT2D eigenvalue weighted by Crippen LogP contribution is -2.48. The van der Waals surface area contributed by atoms with Crippen LogP contribution in [0.1, 0.15) is 50.2 Å². The Bertz CT molecular complexity index is 1280. The second-order valence-corrected chi connectivity index (χ2v) is 9.27. The Balaban J connectivity index is 1.88. The third-order valence-corrected chi connectivity index (χ3v) is 7.18. The van der Waals surface area contributed by atoms with Gasteiger partial charge >= 0.3 is 11.9 Å². The second kappa shape index (κ2) is 11.6. The molecule has 1 fully saturated rings. The molecule has 0 bridgehead atoms. The third kappa shape index (κ3) is 5.08. The highest BCUT2D eigenvalue weighted by Gasteiger charge is 2.53. The highest BCUT2D eigenvalue weighted by Crippen LogP contribution is 2.48. The topological polar surface area (TPSA) is 100 Å². The van der Waals surface area contributed by atoms with E-state index in [0.717, 1.165) is 5.56 Å². The Kier molecular flexibility index (Phi) is 8.29. The maximum atomic E-state index is 14.3. The first-order valence-electron chi connectivity index (χ1n) is 12.8. The standard InChI is InChI=1S/C30H33NO7/c1-6-37-29(33)24-17(3)31-23-16-22(18-11-13-20(35-4)14-12-18)26(30(34)38-7-2)28(32)27(23)25(24)19-9-8-10-21(15-19)36-5/h8-15,22,25-27H,6-7,16H2,1-5H3/t22-,25-,26+,27?/m1/s1. The molecular formula is C30H33NO7. The summed E-state index contributed by atoms with van der Waals surface area (Å²) >= 11 is 0. The van der Waals surface area contributed by atoms with Gasteiger partial charge in [0.15, 0.2) is 5.78 Å². The molecule has 1 aliphatic carbocycles. The minimum Gasteiger partial charge on any atom is -0.497 e. The number of Topliss-reactive ketones (excluding diaryl/α,β-unsaturated/α-hetero) is 1. The molecule has 1 saturated carbocycles. The number of nitrogens with zero attached hydrogens (tertiary/aromatic N) is 1. The molecule has 4 rings (SSSR count). The molecule has 1 heterocycles. The summed E-state index contributed by atoms with van der Waals surface area (Å²) in [5.74, 6) is -3.19. The van der Waals surface area contributed by atoms with Crippen LogP contribution < -0.4 is 9.47 Å². The average molecular weight is 520 g/mol. The molecule has 2 aromatic carbocycles. The maximum absolute atomic E-state index is 14.3. The number of aliphatic imine (C=N–C) groups is 1. The van der Waals surface area contributed by atoms with E-state index in [-0.39, 0.29) is 19.0 Å². The van der Waals surface area contributed by atoms with E-state index in [0.29, 0.717) is 40.5 Å². The van der Waals surface area contributed by atoms with Crippen LogP contribution in [-0.2, 0) is 23.9 Å². The average Bonchev–Trinajstić information content (AvgIpc) is 2.92. The molecule has 0 aromatic heterocycles. The number of ketones is 1. The van der Waals surface area contributed by atoms with Crippen LogP contribution in [0, 0.1) is 11.8 Å². The summed E-state index contributed by atoms with van der Waals surface area (Å²) in [7, 11) is 3.14. The van der Waals surface area contributed by atoms with Crippen molar-refractivity contribution in [2.24, 2.45) is 16.8 Å². The molecule has 0 spiro atoms. The van der Waals surface area contributed by atoms with Crippen LogP contribution >= 0.6 is 0 Å².